The summed E-state index contributed by atoms with van der Waals surface area (Å²) in [6.07, 6.45) is 2.68. The summed E-state index contributed by atoms with van der Waals surface area (Å²) in [4.78, 5) is 22.6. The van der Waals surface area contributed by atoms with Gasteiger partial charge in [0.1, 0.15) is 5.03 Å². The van der Waals surface area contributed by atoms with Crippen LogP contribution in [-0.2, 0) is 0 Å². The number of carboxylic acid groups (broad SMARTS) is 1. The van der Waals surface area contributed by atoms with Crippen molar-refractivity contribution in [2.45, 2.75) is 16.3 Å². The molecule has 5 nitrogen and oxygen atoms in total. The minimum atomic E-state index is -1.07. The predicted molar refractivity (Wildman–Crippen MR) is 60.0 cm³/mol. The van der Waals surface area contributed by atoms with Crippen LogP contribution in [0.2, 0.25) is 0 Å². The highest BCUT2D eigenvalue weighted by molar-refractivity contribution is 8.00. The molecular formula is C9H7N3O2S2. The molecule has 0 aromatic carbocycles. The van der Waals surface area contributed by atoms with Crippen LogP contribution in [0.5, 0.6) is 0 Å². The number of carboxylic acids is 1. The van der Waals surface area contributed by atoms with Gasteiger partial charge in [-0.1, -0.05) is 0 Å². The lowest BCUT2D eigenvalue weighted by molar-refractivity contribution is 0.0689. The third-order valence-corrected chi connectivity index (χ3v) is 3.61. The zero-order valence-corrected chi connectivity index (χ0v) is 9.88. The Morgan fingerprint density at radius 2 is 2.25 bits per heavy atom. The molecule has 0 spiro atoms. The Morgan fingerprint density at radius 3 is 2.75 bits per heavy atom. The maximum absolute atomic E-state index is 10.6. The van der Waals surface area contributed by atoms with Gasteiger partial charge in [0.05, 0.1) is 12.4 Å². The molecule has 1 N–H and O–H groups in total. The van der Waals surface area contributed by atoms with Crippen LogP contribution in [-0.4, -0.2) is 26.0 Å². The molecule has 0 bridgehead atoms. The second-order valence-corrected chi connectivity index (χ2v) is 5.03. The molecule has 0 atom stereocenters. The van der Waals surface area contributed by atoms with E-state index in [-0.39, 0.29) is 5.69 Å². The van der Waals surface area contributed by atoms with Crippen LogP contribution in [0.3, 0.4) is 0 Å². The Hall–Kier alpha value is -1.47. The zero-order valence-electron chi connectivity index (χ0n) is 8.25. The first-order valence-electron chi connectivity index (χ1n) is 4.30. The highest BCUT2D eigenvalue weighted by Gasteiger charge is 2.07. The summed E-state index contributed by atoms with van der Waals surface area (Å²) in [6, 6.07) is 0. The van der Waals surface area contributed by atoms with Crippen LogP contribution >= 0.6 is 23.1 Å². The predicted octanol–water partition coefficient (Wildman–Crippen LogP) is 2.09. The maximum atomic E-state index is 10.6. The van der Waals surface area contributed by atoms with Crippen molar-refractivity contribution in [2.75, 3.05) is 0 Å². The van der Waals surface area contributed by atoms with Crippen molar-refractivity contribution in [3.05, 3.63) is 29.2 Å². The van der Waals surface area contributed by atoms with Crippen LogP contribution in [0.1, 0.15) is 16.2 Å². The number of rotatable bonds is 3. The SMILES string of the molecule is Cc1csc(Sc2cnc(C(=O)O)cn2)n1. The van der Waals surface area contributed by atoms with E-state index in [4.69, 9.17) is 5.11 Å². The van der Waals surface area contributed by atoms with Crippen LogP contribution in [0, 0.1) is 6.92 Å². The summed E-state index contributed by atoms with van der Waals surface area (Å²) in [5.74, 6) is -1.07. The van der Waals surface area contributed by atoms with Crippen LogP contribution < -0.4 is 0 Å². The summed E-state index contributed by atoms with van der Waals surface area (Å²) in [5, 5.41) is 11.2. The number of hydrogen-bond donors (Lipinski definition) is 1. The molecule has 0 radical (unpaired) electrons. The molecule has 2 rings (SSSR count). The monoisotopic (exact) mass is 253 g/mol. The fraction of sp³-hybridized carbons (Fsp3) is 0.111. The summed E-state index contributed by atoms with van der Waals surface area (Å²) in [7, 11) is 0. The highest BCUT2D eigenvalue weighted by atomic mass is 32.2. The number of aromatic carboxylic acids is 1. The van der Waals surface area contributed by atoms with Gasteiger partial charge >= 0.3 is 5.97 Å². The number of thiazole rings is 1. The van der Waals surface area contributed by atoms with Crippen molar-refractivity contribution in [1.29, 1.82) is 0 Å². The maximum Gasteiger partial charge on any atom is 0.356 e. The molecule has 0 saturated heterocycles. The smallest absolute Gasteiger partial charge is 0.356 e. The van der Waals surface area contributed by atoms with E-state index in [1.165, 1.54) is 35.5 Å². The Morgan fingerprint density at radius 1 is 1.44 bits per heavy atom. The van der Waals surface area contributed by atoms with Gasteiger partial charge in [0.2, 0.25) is 0 Å². The van der Waals surface area contributed by atoms with E-state index >= 15 is 0 Å². The van der Waals surface area contributed by atoms with Gasteiger partial charge in [0.25, 0.3) is 0 Å². The third-order valence-electron chi connectivity index (χ3n) is 1.64. The molecule has 0 fully saturated rings. The number of hydrogen-bond acceptors (Lipinski definition) is 6. The van der Waals surface area contributed by atoms with E-state index in [0.29, 0.717) is 5.03 Å². The lowest BCUT2D eigenvalue weighted by Gasteiger charge is -1.96. The van der Waals surface area contributed by atoms with Gasteiger partial charge in [0, 0.05) is 11.1 Å². The van der Waals surface area contributed by atoms with Crippen molar-refractivity contribution in [1.82, 2.24) is 15.0 Å². The van der Waals surface area contributed by atoms with E-state index in [1.54, 1.807) is 0 Å². The van der Waals surface area contributed by atoms with Crippen LogP contribution in [0.15, 0.2) is 27.1 Å². The lowest BCUT2D eigenvalue weighted by Crippen LogP contribution is -2.00. The molecule has 0 unspecified atom stereocenters. The topological polar surface area (TPSA) is 76.0 Å². The van der Waals surface area contributed by atoms with Gasteiger partial charge in [-0.05, 0) is 18.7 Å². The fourth-order valence-corrected chi connectivity index (χ4v) is 2.64. The Labute approximate surface area is 99.6 Å². The number of carbonyl (C=O) groups is 1. The molecular weight excluding hydrogens is 246 g/mol. The van der Waals surface area contributed by atoms with E-state index < -0.39 is 5.97 Å². The Kier molecular flexibility index (Phi) is 3.16. The summed E-state index contributed by atoms with van der Waals surface area (Å²) in [5.41, 5.74) is 0.905. The average Bonchev–Trinajstić information content (AvgIpc) is 2.65. The molecule has 0 aliphatic rings. The van der Waals surface area contributed by atoms with E-state index in [0.717, 1.165) is 10.0 Å². The first-order valence-corrected chi connectivity index (χ1v) is 6.00. The summed E-state index contributed by atoms with van der Waals surface area (Å²) < 4.78 is 0.870. The quantitative estimate of drug-likeness (QED) is 0.902. The van der Waals surface area contributed by atoms with E-state index in [2.05, 4.69) is 15.0 Å². The highest BCUT2D eigenvalue weighted by Crippen LogP contribution is 2.28. The Bertz CT molecular complexity index is 510. The van der Waals surface area contributed by atoms with E-state index in [9.17, 15) is 4.79 Å². The van der Waals surface area contributed by atoms with Crippen molar-refractivity contribution in [2.24, 2.45) is 0 Å². The molecule has 7 heteroatoms. The zero-order chi connectivity index (χ0) is 11.5. The van der Waals surface area contributed by atoms with Crippen LogP contribution in [0.4, 0.5) is 0 Å². The van der Waals surface area contributed by atoms with Gasteiger partial charge in [0.15, 0.2) is 10.0 Å². The van der Waals surface area contributed by atoms with Gasteiger partial charge in [-0.2, -0.15) is 0 Å². The van der Waals surface area contributed by atoms with Gasteiger partial charge < -0.3 is 5.11 Å². The second kappa shape index (κ2) is 4.58. The molecule has 0 amide bonds. The first kappa shape index (κ1) is 11.0. The van der Waals surface area contributed by atoms with Crippen LogP contribution in [0.25, 0.3) is 0 Å². The number of nitrogens with zero attached hydrogens (tertiary/aromatic N) is 3. The first-order chi connectivity index (χ1) is 7.65. The van der Waals surface area contributed by atoms with Crippen molar-refractivity contribution in [3.8, 4) is 0 Å². The third kappa shape index (κ3) is 2.56. The van der Waals surface area contributed by atoms with Gasteiger partial charge in [-0.25, -0.2) is 19.7 Å². The molecule has 16 heavy (non-hydrogen) atoms. The molecule has 82 valence electrons. The standard InChI is InChI=1S/C9H7N3O2S2/c1-5-4-15-9(12-5)16-7-3-10-6(2-11-7)8(13)14/h2-4H,1H3,(H,13,14). The number of aryl methyl sites for hydroxylation is 1. The summed E-state index contributed by atoms with van der Waals surface area (Å²) >= 11 is 2.89. The molecule has 2 heterocycles. The van der Waals surface area contributed by atoms with Crippen molar-refractivity contribution in [3.63, 3.8) is 0 Å². The lowest BCUT2D eigenvalue weighted by atomic mass is 10.5. The fourth-order valence-electron chi connectivity index (χ4n) is 0.948. The van der Waals surface area contributed by atoms with Crippen molar-refractivity contribution >= 4 is 29.1 Å². The molecule has 0 saturated carbocycles. The number of aromatic nitrogens is 3. The molecule has 0 aliphatic heterocycles. The second-order valence-electron chi connectivity index (χ2n) is 2.90. The Balaban J connectivity index is 2.14. The summed E-state index contributed by atoms with van der Waals surface area (Å²) in [6.45, 7) is 1.92. The van der Waals surface area contributed by atoms with Gasteiger partial charge in [-0.3, -0.25) is 0 Å². The molecule has 2 aromatic rings. The minimum Gasteiger partial charge on any atom is -0.476 e. The van der Waals surface area contributed by atoms with Gasteiger partial charge in [-0.15, -0.1) is 11.3 Å². The largest absolute Gasteiger partial charge is 0.476 e. The molecule has 2 aromatic heterocycles. The average molecular weight is 253 g/mol. The van der Waals surface area contributed by atoms with Crippen molar-refractivity contribution < 1.29 is 9.90 Å². The van der Waals surface area contributed by atoms with E-state index in [1.807, 2.05) is 12.3 Å². The minimum absolute atomic E-state index is 0.0559. The normalized spacial score (nSPS) is 10.3. The molecule has 0 aliphatic carbocycles.